The zero-order valence-corrected chi connectivity index (χ0v) is 12.2. The Morgan fingerprint density at radius 2 is 1.37 bits per heavy atom. The molecule has 0 saturated carbocycles. The van der Waals surface area contributed by atoms with E-state index in [1.54, 1.807) is 6.92 Å². The molecular weight excluding hydrogens is 244 g/mol. The van der Waals surface area contributed by atoms with Crippen LogP contribution < -0.4 is 0 Å². The number of carbonyl (C=O) groups is 2. The Bertz CT molecular complexity index is 263. The minimum atomic E-state index is -0.719. The second-order valence-corrected chi connectivity index (χ2v) is 5.41. The van der Waals surface area contributed by atoms with Gasteiger partial charge >= 0.3 is 11.9 Å². The summed E-state index contributed by atoms with van der Waals surface area (Å²) in [4.78, 5) is 21.5. The highest BCUT2D eigenvalue weighted by atomic mass is 16.4. The smallest absolute Gasteiger partial charge is 0.306 e. The van der Waals surface area contributed by atoms with Crippen LogP contribution in [0.1, 0.15) is 71.6 Å². The molecule has 0 saturated heterocycles. The minimum Gasteiger partial charge on any atom is -0.481 e. The quantitative estimate of drug-likeness (QED) is 0.528. The van der Waals surface area contributed by atoms with Crippen LogP contribution in [-0.2, 0) is 9.59 Å². The van der Waals surface area contributed by atoms with Gasteiger partial charge in [-0.05, 0) is 19.3 Å². The second kappa shape index (κ2) is 10.8. The predicted molar refractivity (Wildman–Crippen MR) is 75.2 cm³/mol. The molecule has 19 heavy (non-hydrogen) atoms. The van der Waals surface area contributed by atoms with Gasteiger partial charge in [-0.3, -0.25) is 9.59 Å². The molecule has 0 aromatic heterocycles. The van der Waals surface area contributed by atoms with E-state index in [9.17, 15) is 9.59 Å². The van der Waals surface area contributed by atoms with E-state index in [-0.39, 0.29) is 11.8 Å². The van der Waals surface area contributed by atoms with Crippen molar-refractivity contribution in [1.29, 1.82) is 0 Å². The maximum Gasteiger partial charge on any atom is 0.306 e. The van der Waals surface area contributed by atoms with Gasteiger partial charge in [-0.2, -0.15) is 0 Å². The lowest BCUT2D eigenvalue weighted by Gasteiger charge is -2.10. The fourth-order valence-corrected chi connectivity index (χ4v) is 2.23. The number of hydrogen-bond donors (Lipinski definition) is 2. The molecule has 4 nitrogen and oxygen atoms in total. The van der Waals surface area contributed by atoms with Gasteiger partial charge in [0.2, 0.25) is 0 Å². The Labute approximate surface area is 116 Å². The highest BCUT2D eigenvalue weighted by molar-refractivity contribution is 5.69. The van der Waals surface area contributed by atoms with Gasteiger partial charge in [-0.1, -0.05) is 52.4 Å². The van der Waals surface area contributed by atoms with Crippen molar-refractivity contribution in [2.75, 3.05) is 0 Å². The molecule has 4 heteroatoms. The maximum absolute atomic E-state index is 10.9. The first-order chi connectivity index (χ1) is 8.99. The molecule has 0 rings (SSSR count). The lowest BCUT2D eigenvalue weighted by molar-refractivity contribution is -0.142. The predicted octanol–water partition coefficient (Wildman–Crippen LogP) is 3.94. The highest BCUT2D eigenvalue weighted by Crippen LogP contribution is 2.17. The van der Waals surface area contributed by atoms with Crippen LogP contribution in [0, 0.1) is 11.8 Å². The van der Waals surface area contributed by atoms with Gasteiger partial charge in [0, 0.05) is 0 Å². The van der Waals surface area contributed by atoms with E-state index < -0.39 is 11.9 Å². The summed E-state index contributed by atoms with van der Waals surface area (Å²) in [6, 6.07) is 0. The third kappa shape index (κ3) is 9.51. The van der Waals surface area contributed by atoms with E-state index in [2.05, 4.69) is 0 Å². The molecule has 0 fully saturated rings. The molecule has 0 aromatic rings. The molecule has 0 amide bonds. The van der Waals surface area contributed by atoms with Crippen molar-refractivity contribution in [3.63, 3.8) is 0 Å². The lowest BCUT2D eigenvalue weighted by atomic mass is 9.96. The third-order valence-electron chi connectivity index (χ3n) is 3.60. The maximum atomic E-state index is 10.9. The van der Waals surface area contributed by atoms with E-state index in [4.69, 9.17) is 10.2 Å². The SMILES string of the molecule is CCCC(CCCCCCCC(C)C(=O)O)C(=O)O. The Morgan fingerprint density at radius 3 is 1.84 bits per heavy atom. The Balaban J connectivity index is 3.49. The summed E-state index contributed by atoms with van der Waals surface area (Å²) >= 11 is 0. The van der Waals surface area contributed by atoms with Crippen molar-refractivity contribution >= 4 is 11.9 Å². The summed E-state index contributed by atoms with van der Waals surface area (Å²) in [6.07, 6.45) is 8.28. The summed E-state index contributed by atoms with van der Waals surface area (Å²) in [5.41, 5.74) is 0. The van der Waals surface area contributed by atoms with Crippen LogP contribution in [0.25, 0.3) is 0 Å². The number of hydrogen-bond acceptors (Lipinski definition) is 2. The molecular formula is C15H28O4. The van der Waals surface area contributed by atoms with Crippen LogP contribution in [0.4, 0.5) is 0 Å². The number of carboxylic acid groups (broad SMARTS) is 2. The zero-order valence-electron chi connectivity index (χ0n) is 12.2. The number of rotatable bonds is 12. The summed E-state index contributed by atoms with van der Waals surface area (Å²) in [5.74, 6) is -1.82. The number of unbranched alkanes of at least 4 members (excludes halogenated alkanes) is 4. The fourth-order valence-electron chi connectivity index (χ4n) is 2.23. The van der Waals surface area contributed by atoms with Crippen LogP contribution in [0.15, 0.2) is 0 Å². The van der Waals surface area contributed by atoms with E-state index >= 15 is 0 Å². The van der Waals surface area contributed by atoms with Gasteiger partial charge in [0.1, 0.15) is 0 Å². The molecule has 0 aromatic carbocycles. The Kier molecular flexibility index (Phi) is 10.2. The van der Waals surface area contributed by atoms with Crippen molar-refractivity contribution < 1.29 is 19.8 Å². The van der Waals surface area contributed by atoms with Crippen molar-refractivity contribution in [3.05, 3.63) is 0 Å². The Hall–Kier alpha value is -1.06. The van der Waals surface area contributed by atoms with Crippen molar-refractivity contribution in [2.24, 2.45) is 11.8 Å². The highest BCUT2D eigenvalue weighted by Gasteiger charge is 2.15. The van der Waals surface area contributed by atoms with Crippen LogP contribution in [0.3, 0.4) is 0 Å². The minimum absolute atomic E-state index is 0.183. The molecule has 2 unspecified atom stereocenters. The average Bonchev–Trinajstić information content (AvgIpc) is 2.35. The fraction of sp³-hybridized carbons (Fsp3) is 0.867. The van der Waals surface area contributed by atoms with E-state index in [0.717, 1.165) is 57.8 Å². The first-order valence-corrected chi connectivity index (χ1v) is 7.44. The van der Waals surface area contributed by atoms with Crippen LogP contribution in [0.2, 0.25) is 0 Å². The second-order valence-electron chi connectivity index (χ2n) is 5.41. The molecule has 0 heterocycles. The van der Waals surface area contributed by atoms with Gasteiger partial charge in [-0.25, -0.2) is 0 Å². The molecule has 2 atom stereocenters. The molecule has 0 aliphatic carbocycles. The van der Waals surface area contributed by atoms with E-state index in [1.165, 1.54) is 0 Å². The van der Waals surface area contributed by atoms with Crippen molar-refractivity contribution in [3.8, 4) is 0 Å². The number of aliphatic carboxylic acids is 2. The van der Waals surface area contributed by atoms with Gasteiger partial charge in [0.15, 0.2) is 0 Å². The molecule has 0 bridgehead atoms. The summed E-state index contributed by atoms with van der Waals surface area (Å²) < 4.78 is 0. The first kappa shape index (κ1) is 17.9. The summed E-state index contributed by atoms with van der Waals surface area (Å²) in [7, 11) is 0. The number of carboxylic acids is 2. The van der Waals surface area contributed by atoms with Crippen molar-refractivity contribution in [1.82, 2.24) is 0 Å². The summed E-state index contributed by atoms with van der Waals surface area (Å²) in [5, 5.41) is 17.7. The Morgan fingerprint density at radius 1 is 0.842 bits per heavy atom. The monoisotopic (exact) mass is 272 g/mol. The molecule has 2 N–H and O–H groups in total. The van der Waals surface area contributed by atoms with Gasteiger partial charge < -0.3 is 10.2 Å². The van der Waals surface area contributed by atoms with E-state index in [1.807, 2.05) is 6.92 Å². The van der Waals surface area contributed by atoms with Gasteiger partial charge in [-0.15, -0.1) is 0 Å². The van der Waals surface area contributed by atoms with E-state index in [0.29, 0.717) is 0 Å². The van der Waals surface area contributed by atoms with Gasteiger partial charge in [0.05, 0.1) is 11.8 Å². The first-order valence-electron chi connectivity index (χ1n) is 7.44. The van der Waals surface area contributed by atoms with Crippen LogP contribution in [0.5, 0.6) is 0 Å². The largest absolute Gasteiger partial charge is 0.481 e. The van der Waals surface area contributed by atoms with Crippen molar-refractivity contribution in [2.45, 2.75) is 71.6 Å². The standard InChI is InChI=1S/C15H28O4/c1-3-9-13(15(18)19)11-8-6-4-5-7-10-12(2)14(16)17/h12-13H,3-11H2,1-2H3,(H,16,17)(H,18,19). The molecule has 0 spiro atoms. The lowest BCUT2D eigenvalue weighted by Crippen LogP contribution is -2.13. The zero-order chi connectivity index (χ0) is 14.7. The average molecular weight is 272 g/mol. The third-order valence-corrected chi connectivity index (χ3v) is 3.60. The van der Waals surface area contributed by atoms with Crippen LogP contribution >= 0.6 is 0 Å². The molecule has 0 aliphatic rings. The molecule has 112 valence electrons. The summed E-state index contributed by atoms with van der Waals surface area (Å²) in [6.45, 7) is 3.75. The van der Waals surface area contributed by atoms with Crippen LogP contribution in [-0.4, -0.2) is 22.2 Å². The normalized spacial score (nSPS) is 14.0. The molecule has 0 aliphatic heterocycles. The van der Waals surface area contributed by atoms with Gasteiger partial charge in [0.25, 0.3) is 0 Å². The molecule has 0 radical (unpaired) electrons. The topological polar surface area (TPSA) is 74.6 Å².